The molecule has 16 heavy (non-hydrogen) atoms. The van der Waals surface area contributed by atoms with E-state index in [2.05, 4.69) is 23.7 Å². The summed E-state index contributed by atoms with van der Waals surface area (Å²) in [7, 11) is 0. The van der Waals surface area contributed by atoms with Crippen LogP contribution in [-0.2, 0) is 10.6 Å². The average molecular weight is 281 g/mol. The molecule has 0 radical (unpaired) electrons. The molecule has 1 aliphatic heterocycles. The van der Waals surface area contributed by atoms with Crippen LogP contribution in [0.3, 0.4) is 0 Å². The highest BCUT2D eigenvalue weighted by Crippen LogP contribution is 2.35. The van der Waals surface area contributed by atoms with E-state index in [1.807, 2.05) is 0 Å². The molecule has 0 N–H and O–H groups in total. The molecular formula is C10H14Cl2N2OS. The molecule has 0 saturated carbocycles. The van der Waals surface area contributed by atoms with E-state index in [9.17, 15) is 0 Å². The predicted molar refractivity (Wildman–Crippen MR) is 68.9 cm³/mol. The molecular weight excluding hydrogens is 267 g/mol. The zero-order valence-corrected chi connectivity index (χ0v) is 11.6. The fraction of sp³-hybridized carbons (Fsp3) is 0.700. The molecule has 0 spiro atoms. The quantitative estimate of drug-likeness (QED) is 0.779. The highest BCUT2D eigenvalue weighted by molar-refractivity contribution is 7.16. The first-order chi connectivity index (χ1) is 7.54. The van der Waals surface area contributed by atoms with Gasteiger partial charge in [0.1, 0.15) is 5.15 Å². The van der Waals surface area contributed by atoms with Crippen molar-refractivity contribution in [3.63, 3.8) is 0 Å². The lowest BCUT2D eigenvalue weighted by Gasteiger charge is -2.41. The number of halogens is 2. The molecule has 1 aliphatic rings. The third-order valence-corrected chi connectivity index (χ3v) is 4.56. The van der Waals surface area contributed by atoms with E-state index in [0.717, 1.165) is 23.2 Å². The Balaban J connectivity index is 2.28. The Bertz CT molecular complexity index is 381. The number of rotatable bonds is 2. The summed E-state index contributed by atoms with van der Waals surface area (Å²) in [6, 6.07) is 0. The number of aromatic nitrogens is 1. The second kappa shape index (κ2) is 4.69. The van der Waals surface area contributed by atoms with Crippen LogP contribution in [0.1, 0.15) is 18.7 Å². The molecule has 1 aromatic heterocycles. The number of ether oxygens (including phenoxy) is 1. The molecule has 3 nitrogen and oxygen atoms in total. The van der Waals surface area contributed by atoms with Crippen LogP contribution in [0, 0.1) is 0 Å². The zero-order valence-electron chi connectivity index (χ0n) is 9.30. The molecule has 0 aliphatic carbocycles. The Morgan fingerprint density at radius 1 is 1.56 bits per heavy atom. The molecule has 2 rings (SSSR count). The van der Waals surface area contributed by atoms with E-state index in [0.29, 0.717) is 17.6 Å². The van der Waals surface area contributed by atoms with Crippen LogP contribution in [-0.4, -0.2) is 30.3 Å². The van der Waals surface area contributed by atoms with Crippen molar-refractivity contribution in [1.29, 1.82) is 0 Å². The Labute approximate surface area is 109 Å². The van der Waals surface area contributed by atoms with Gasteiger partial charge in [0.05, 0.1) is 29.5 Å². The molecule has 0 aromatic carbocycles. The van der Waals surface area contributed by atoms with E-state index in [-0.39, 0.29) is 5.54 Å². The van der Waals surface area contributed by atoms with Gasteiger partial charge in [-0.1, -0.05) is 22.9 Å². The van der Waals surface area contributed by atoms with Gasteiger partial charge in [-0.3, -0.25) is 0 Å². The summed E-state index contributed by atoms with van der Waals surface area (Å²) in [5.74, 6) is 0.418. The summed E-state index contributed by atoms with van der Waals surface area (Å²) in [6.07, 6.45) is 0. The largest absolute Gasteiger partial charge is 0.377 e. The van der Waals surface area contributed by atoms with Crippen LogP contribution in [0.25, 0.3) is 0 Å². The standard InChI is InChI=1S/C10H14Cl2N2OS/c1-10(2)6-15-4-3-14(10)9-13-8(12)7(5-11)16-9/h3-6H2,1-2H3. The highest BCUT2D eigenvalue weighted by atomic mass is 35.5. The SMILES string of the molecule is CC1(C)COCCN1c1nc(Cl)c(CCl)s1. The molecule has 1 fully saturated rings. The maximum absolute atomic E-state index is 6.01. The summed E-state index contributed by atoms with van der Waals surface area (Å²) >= 11 is 13.4. The molecule has 1 aromatic rings. The van der Waals surface area contributed by atoms with Crippen LogP contribution in [0.15, 0.2) is 0 Å². The van der Waals surface area contributed by atoms with E-state index in [4.69, 9.17) is 27.9 Å². The molecule has 0 bridgehead atoms. The normalized spacial score (nSPS) is 20.1. The third-order valence-electron chi connectivity index (χ3n) is 2.64. The Morgan fingerprint density at radius 2 is 2.31 bits per heavy atom. The zero-order chi connectivity index (χ0) is 11.8. The van der Waals surface area contributed by atoms with Crippen LogP contribution in [0.2, 0.25) is 5.15 Å². The Kier molecular flexibility index (Phi) is 3.64. The second-order valence-electron chi connectivity index (χ2n) is 4.36. The first kappa shape index (κ1) is 12.4. The summed E-state index contributed by atoms with van der Waals surface area (Å²) in [4.78, 5) is 7.54. The lowest BCUT2D eigenvalue weighted by atomic mass is 10.0. The fourth-order valence-electron chi connectivity index (χ4n) is 1.73. The van der Waals surface area contributed by atoms with E-state index in [1.54, 1.807) is 11.3 Å². The van der Waals surface area contributed by atoms with Crippen molar-refractivity contribution >= 4 is 39.7 Å². The lowest BCUT2D eigenvalue weighted by Crippen LogP contribution is -2.53. The van der Waals surface area contributed by atoms with E-state index < -0.39 is 0 Å². The first-order valence-electron chi connectivity index (χ1n) is 5.11. The Hall–Kier alpha value is -0.0300. The van der Waals surface area contributed by atoms with Gasteiger partial charge < -0.3 is 9.64 Å². The molecule has 0 unspecified atom stereocenters. The first-order valence-corrected chi connectivity index (χ1v) is 6.84. The summed E-state index contributed by atoms with van der Waals surface area (Å²) in [5.41, 5.74) is -0.0387. The van der Waals surface area contributed by atoms with Crippen molar-refractivity contribution in [1.82, 2.24) is 4.98 Å². The van der Waals surface area contributed by atoms with Crippen LogP contribution in [0.4, 0.5) is 5.13 Å². The number of morpholine rings is 1. The van der Waals surface area contributed by atoms with Gasteiger partial charge in [-0.25, -0.2) is 4.98 Å². The van der Waals surface area contributed by atoms with E-state index in [1.165, 1.54) is 0 Å². The minimum atomic E-state index is -0.0387. The van der Waals surface area contributed by atoms with Crippen molar-refractivity contribution in [2.75, 3.05) is 24.7 Å². The van der Waals surface area contributed by atoms with Gasteiger partial charge in [-0.2, -0.15) is 0 Å². The van der Waals surface area contributed by atoms with E-state index >= 15 is 0 Å². The molecule has 6 heteroatoms. The van der Waals surface area contributed by atoms with Crippen molar-refractivity contribution in [3.05, 3.63) is 10.0 Å². The minimum Gasteiger partial charge on any atom is -0.377 e. The van der Waals surface area contributed by atoms with Crippen molar-refractivity contribution in [2.24, 2.45) is 0 Å². The van der Waals surface area contributed by atoms with Gasteiger partial charge in [0.2, 0.25) is 0 Å². The summed E-state index contributed by atoms with van der Waals surface area (Å²) in [6.45, 7) is 6.57. The maximum Gasteiger partial charge on any atom is 0.187 e. The highest BCUT2D eigenvalue weighted by Gasteiger charge is 2.32. The van der Waals surface area contributed by atoms with Crippen LogP contribution in [0.5, 0.6) is 0 Å². The molecule has 2 heterocycles. The number of hydrogen-bond acceptors (Lipinski definition) is 4. The molecule has 0 atom stereocenters. The van der Waals surface area contributed by atoms with Crippen molar-refractivity contribution < 1.29 is 4.74 Å². The number of anilines is 1. The third kappa shape index (κ3) is 2.30. The van der Waals surface area contributed by atoms with Gasteiger partial charge >= 0.3 is 0 Å². The number of alkyl halides is 1. The fourth-order valence-corrected chi connectivity index (χ4v) is 3.39. The maximum atomic E-state index is 6.01. The monoisotopic (exact) mass is 280 g/mol. The molecule has 1 saturated heterocycles. The Morgan fingerprint density at radius 3 is 2.88 bits per heavy atom. The lowest BCUT2D eigenvalue weighted by molar-refractivity contribution is 0.0644. The van der Waals surface area contributed by atoms with Crippen molar-refractivity contribution in [3.8, 4) is 0 Å². The van der Waals surface area contributed by atoms with Gasteiger partial charge in [0.25, 0.3) is 0 Å². The van der Waals surface area contributed by atoms with Gasteiger partial charge in [-0.15, -0.1) is 11.6 Å². The summed E-state index contributed by atoms with van der Waals surface area (Å²) in [5, 5.41) is 1.46. The van der Waals surface area contributed by atoms with Crippen molar-refractivity contribution in [2.45, 2.75) is 25.3 Å². The smallest absolute Gasteiger partial charge is 0.187 e. The number of hydrogen-bond donors (Lipinski definition) is 0. The van der Waals surface area contributed by atoms with Gasteiger partial charge in [0, 0.05) is 6.54 Å². The predicted octanol–water partition coefficient (Wildman–Crippen LogP) is 3.15. The second-order valence-corrected chi connectivity index (χ2v) is 6.05. The minimum absolute atomic E-state index is 0.0387. The number of nitrogens with zero attached hydrogens (tertiary/aromatic N) is 2. The number of thiazole rings is 1. The average Bonchev–Trinajstić information content (AvgIpc) is 2.58. The van der Waals surface area contributed by atoms with Gasteiger partial charge in [0.15, 0.2) is 5.13 Å². The van der Waals surface area contributed by atoms with Crippen LogP contribution < -0.4 is 4.90 Å². The molecule has 90 valence electrons. The van der Waals surface area contributed by atoms with Crippen LogP contribution >= 0.6 is 34.5 Å². The van der Waals surface area contributed by atoms with Gasteiger partial charge in [-0.05, 0) is 13.8 Å². The topological polar surface area (TPSA) is 25.4 Å². The summed E-state index contributed by atoms with van der Waals surface area (Å²) < 4.78 is 5.48. The molecule has 0 amide bonds.